The number of rotatable bonds is 2. The number of fused-ring (bicyclic) bond motifs is 1. The maximum atomic E-state index is 5.40. The second-order valence-corrected chi connectivity index (χ2v) is 5.31. The topological polar surface area (TPSA) is 55.9 Å². The van der Waals surface area contributed by atoms with Crippen molar-refractivity contribution in [1.82, 2.24) is 20.0 Å². The van der Waals surface area contributed by atoms with Gasteiger partial charge in [0.2, 0.25) is 11.7 Å². The van der Waals surface area contributed by atoms with Crippen LogP contribution in [-0.4, -0.2) is 21.3 Å². The van der Waals surface area contributed by atoms with E-state index in [4.69, 9.17) is 4.52 Å². The van der Waals surface area contributed by atoms with Crippen LogP contribution in [0.2, 0.25) is 0 Å². The minimum absolute atomic E-state index is 0.218. The van der Waals surface area contributed by atoms with Gasteiger partial charge in [0.1, 0.15) is 0 Å². The van der Waals surface area contributed by atoms with Crippen LogP contribution in [0.4, 0.5) is 0 Å². The van der Waals surface area contributed by atoms with Crippen molar-refractivity contribution in [1.29, 1.82) is 0 Å². The van der Waals surface area contributed by atoms with Crippen LogP contribution in [0.5, 0.6) is 0 Å². The van der Waals surface area contributed by atoms with Gasteiger partial charge in [0, 0.05) is 24.3 Å². The van der Waals surface area contributed by atoms with Gasteiger partial charge in [0.05, 0.1) is 6.04 Å². The molecule has 2 aromatic heterocycles. The summed E-state index contributed by atoms with van der Waals surface area (Å²) in [5.74, 6) is 1.36. The van der Waals surface area contributed by atoms with Crippen LogP contribution in [0.25, 0.3) is 22.3 Å². The lowest BCUT2D eigenvalue weighted by atomic mass is 10.1. The van der Waals surface area contributed by atoms with Gasteiger partial charge < -0.3 is 14.4 Å². The Morgan fingerprint density at radius 3 is 3.15 bits per heavy atom. The first kappa shape index (κ1) is 11.7. The van der Waals surface area contributed by atoms with Crippen LogP contribution in [0.1, 0.15) is 24.8 Å². The van der Waals surface area contributed by atoms with Gasteiger partial charge in [-0.15, -0.1) is 0 Å². The summed E-state index contributed by atoms with van der Waals surface area (Å²) in [4.78, 5) is 4.53. The molecule has 1 fully saturated rings. The molecule has 1 aliphatic heterocycles. The molecule has 1 aromatic carbocycles. The largest absolute Gasteiger partial charge is 0.351 e. The summed E-state index contributed by atoms with van der Waals surface area (Å²) in [5, 5.41) is 8.71. The van der Waals surface area contributed by atoms with Crippen molar-refractivity contribution in [3.63, 3.8) is 0 Å². The van der Waals surface area contributed by atoms with E-state index in [9.17, 15) is 0 Å². The van der Waals surface area contributed by atoms with Crippen LogP contribution in [-0.2, 0) is 7.05 Å². The second kappa shape index (κ2) is 4.45. The number of nitrogens with one attached hydrogen (secondary N) is 1. The normalized spacial score (nSPS) is 18.9. The number of nitrogens with zero attached hydrogens (tertiary/aromatic N) is 3. The molecule has 0 radical (unpaired) electrons. The number of hydrogen-bond acceptors (Lipinski definition) is 4. The summed E-state index contributed by atoms with van der Waals surface area (Å²) in [7, 11) is 2.04. The molecule has 1 atom stereocenters. The van der Waals surface area contributed by atoms with Gasteiger partial charge in [0.25, 0.3) is 0 Å². The molecule has 0 unspecified atom stereocenters. The fourth-order valence-electron chi connectivity index (χ4n) is 2.79. The van der Waals surface area contributed by atoms with E-state index in [1.165, 1.54) is 10.9 Å². The van der Waals surface area contributed by atoms with Gasteiger partial charge in [-0.2, -0.15) is 4.98 Å². The van der Waals surface area contributed by atoms with Crippen LogP contribution in [0, 0.1) is 0 Å². The third kappa shape index (κ3) is 1.82. The molecular formula is C15H16N4O. The van der Waals surface area contributed by atoms with E-state index in [0.717, 1.165) is 24.9 Å². The molecule has 3 heterocycles. The molecule has 20 heavy (non-hydrogen) atoms. The van der Waals surface area contributed by atoms with E-state index in [1.807, 2.05) is 13.1 Å². The van der Waals surface area contributed by atoms with E-state index in [2.05, 4.69) is 44.4 Å². The molecule has 1 aliphatic rings. The van der Waals surface area contributed by atoms with E-state index in [-0.39, 0.29) is 6.04 Å². The smallest absolute Gasteiger partial charge is 0.244 e. The summed E-state index contributed by atoms with van der Waals surface area (Å²) in [5.41, 5.74) is 2.17. The van der Waals surface area contributed by atoms with Crippen molar-refractivity contribution in [2.75, 3.05) is 6.54 Å². The van der Waals surface area contributed by atoms with Crippen molar-refractivity contribution >= 4 is 10.9 Å². The molecule has 5 heteroatoms. The Labute approximate surface area is 116 Å². The lowest BCUT2D eigenvalue weighted by Crippen LogP contribution is -2.12. The highest BCUT2D eigenvalue weighted by molar-refractivity contribution is 5.84. The van der Waals surface area contributed by atoms with Gasteiger partial charge in [0.15, 0.2) is 0 Å². The Bertz CT molecular complexity index is 752. The van der Waals surface area contributed by atoms with Crippen LogP contribution in [0.15, 0.2) is 35.0 Å². The Balaban J connectivity index is 1.72. The van der Waals surface area contributed by atoms with Crippen molar-refractivity contribution in [3.8, 4) is 11.4 Å². The fraction of sp³-hybridized carbons (Fsp3) is 0.333. The lowest BCUT2D eigenvalue weighted by Gasteiger charge is -2.01. The first-order chi connectivity index (χ1) is 9.81. The summed E-state index contributed by atoms with van der Waals surface area (Å²) in [6.07, 6.45) is 4.29. The summed E-state index contributed by atoms with van der Waals surface area (Å²) >= 11 is 0. The average molecular weight is 268 g/mol. The molecule has 0 spiro atoms. The molecule has 102 valence electrons. The number of aryl methyl sites for hydroxylation is 1. The summed E-state index contributed by atoms with van der Waals surface area (Å²) < 4.78 is 7.49. The van der Waals surface area contributed by atoms with Gasteiger partial charge in [-0.3, -0.25) is 0 Å². The second-order valence-electron chi connectivity index (χ2n) is 5.31. The molecule has 3 aromatic rings. The zero-order chi connectivity index (χ0) is 13.5. The predicted molar refractivity (Wildman–Crippen MR) is 76.2 cm³/mol. The SMILES string of the molecule is Cn1ccc2ccc(-c3noc([C@@H]4CCCN4)n3)cc21. The number of benzene rings is 1. The maximum Gasteiger partial charge on any atom is 0.244 e. The van der Waals surface area contributed by atoms with Crippen LogP contribution in [0.3, 0.4) is 0 Å². The van der Waals surface area contributed by atoms with Gasteiger partial charge in [-0.1, -0.05) is 17.3 Å². The Morgan fingerprint density at radius 2 is 2.30 bits per heavy atom. The minimum Gasteiger partial charge on any atom is -0.351 e. The van der Waals surface area contributed by atoms with Crippen molar-refractivity contribution in [2.45, 2.75) is 18.9 Å². The fourth-order valence-corrected chi connectivity index (χ4v) is 2.79. The van der Waals surface area contributed by atoms with Crippen LogP contribution < -0.4 is 5.32 Å². The monoisotopic (exact) mass is 268 g/mol. The summed E-state index contributed by atoms with van der Waals surface area (Å²) in [6, 6.07) is 8.55. The third-order valence-electron chi connectivity index (χ3n) is 3.95. The number of aromatic nitrogens is 3. The van der Waals surface area contributed by atoms with E-state index in [0.29, 0.717) is 11.7 Å². The highest BCUT2D eigenvalue weighted by atomic mass is 16.5. The minimum atomic E-state index is 0.218. The molecule has 0 saturated carbocycles. The first-order valence-electron chi connectivity index (χ1n) is 6.94. The predicted octanol–water partition coefficient (Wildman–Crippen LogP) is 2.65. The Morgan fingerprint density at radius 1 is 1.35 bits per heavy atom. The van der Waals surface area contributed by atoms with E-state index >= 15 is 0 Å². The first-order valence-corrected chi connectivity index (χ1v) is 6.94. The highest BCUT2D eigenvalue weighted by Gasteiger charge is 2.22. The zero-order valence-electron chi connectivity index (χ0n) is 11.3. The molecule has 0 aliphatic carbocycles. The third-order valence-corrected chi connectivity index (χ3v) is 3.95. The maximum absolute atomic E-state index is 5.40. The van der Waals surface area contributed by atoms with E-state index in [1.54, 1.807) is 0 Å². The van der Waals surface area contributed by atoms with Crippen molar-refractivity contribution in [3.05, 3.63) is 36.4 Å². The van der Waals surface area contributed by atoms with Crippen molar-refractivity contribution < 1.29 is 4.52 Å². The zero-order valence-corrected chi connectivity index (χ0v) is 11.3. The number of hydrogen-bond donors (Lipinski definition) is 1. The van der Waals surface area contributed by atoms with Crippen LogP contribution >= 0.6 is 0 Å². The molecular weight excluding hydrogens is 252 g/mol. The Hall–Kier alpha value is -2.14. The average Bonchev–Trinajstić information content (AvgIpc) is 3.18. The molecule has 4 rings (SSSR count). The summed E-state index contributed by atoms with van der Waals surface area (Å²) in [6.45, 7) is 1.03. The van der Waals surface area contributed by atoms with Gasteiger partial charge >= 0.3 is 0 Å². The van der Waals surface area contributed by atoms with E-state index < -0.39 is 0 Å². The standard InChI is InChI=1S/C15H16N4O/c1-19-8-6-10-4-5-11(9-13(10)19)14-17-15(20-18-14)12-3-2-7-16-12/h4-6,8-9,12,16H,2-3,7H2,1H3/t12-/m0/s1. The molecule has 0 amide bonds. The molecule has 0 bridgehead atoms. The highest BCUT2D eigenvalue weighted by Crippen LogP contribution is 2.26. The van der Waals surface area contributed by atoms with Gasteiger partial charge in [-0.05, 0) is 36.9 Å². The van der Waals surface area contributed by atoms with Crippen molar-refractivity contribution in [2.24, 2.45) is 7.05 Å². The Kier molecular flexibility index (Phi) is 2.60. The molecule has 1 N–H and O–H groups in total. The lowest BCUT2D eigenvalue weighted by molar-refractivity contribution is 0.345. The van der Waals surface area contributed by atoms with Gasteiger partial charge in [-0.25, -0.2) is 0 Å². The molecule has 1 saturated heterocycles. The quantitative estimate of drug-likeness (QED) is 0.776. The molecule has 5 nitrogen and oxygen atoms in total.